The lowest BCUT2D eigenvalue weighted by molar-refractivity contribution is -0.137. The van der Waals surface area contributed by atoms with E-state index in [2.05, 4.69) is 17.1 Å². The van der Waals surface area contributed by atoms with Crippen LogP contribution >= 0.6 is 0 Å². The van der Waals surface area contributed by atoms with Crippen molar-refractivity contribution in [3.63, 3.8) is 0 Å². The first-order valence-corrected chi connectivity index (χ1v) is 7.69. The summed E-state index contributed by atoms with van der Waals surface area (Å²) in [6, 6.07) is 7.01. The molecule has 1 fully saturated rings. The standard InChI is InChI=1S/C16H16F3N5/c1-11-6-8-23(9-7-11)15-13(10-20)21-24(22-15)14-5-3-2-4-12(14)16(17,18)19/h2-5,11H,6-9H2,1H3. The molecule has 2 heterocycles. The van der Waals surface area contributed by atoms with E-state index < -0.39 is 11.7 Å². The van der Waals surface area contributed by atoms with Gasteiger partial charge in [-0.3, -0.25) is 0 Å². The van der Waals surface area contributed by atoms with Crippen molar-refractivity contribution in [3.8, 4) is 11.8 Å². The molecular formula is C16H16F3N5. The van der Waals surface area contributed by atoms with Gasteiger partial charge < -0.3 is 4.90 Å². The SMILES string of the molecule is CC1CCN(c2nn(-c3ccccc3C(F)(F)F)nc2C#N)CC1. The van der Waals surface area contributed by atoms with E-state index in [0.29, 0.717) is 11.7 Å². The molecule has 1 aliphatic heterocycles. The average molecular weight is 335 g/mol. The number of nitriles is 1. The molecule has 126 valence electrons. The minimum absolute atomic E-state index is 0.0431. The predicted octanol–water partition coefficient (Wildman–Crippen LogP) is 3.39. The first-order valence-electron chi connectivity index (χ1n) is 7.69. The van der Waals surface area contributed by atoms with Crippen molar-refractivity contribution in [1.29, 1.82) is 5.26 Å². The van der Waals surface area contributed by atoms with Gasteiger partial charge in [0.1, 0.15) is 6.07 Å². The van der Waals surface area contributed by atoms with E-state index in [1.807, 2.05) is 11.0 Å². The Hall–Kier alpha value is -2.56. The van der Waals surface area contributed by atoms with Crippen molar-refractivity contribution < 1.29 is 13.2 Å². The molecular weight excluding hydrogens is 319 g/mol. The number of alkyl halides is 3. The van der Waals surface area contributed by atoms with Gasteiger partial charge in [-0.2, -0.15) is 18.4 Å². The van der Waals surface area contributed by atoms with Gasteiger partial charge in [-0.1, -0.05) is 19.1 Å². The Balaban J connectivity index is 2.01. The summed E-state index contributed by atoms with van der Waals surface area (Å²) in [6.45, 7) is 3.59. The van der Waals surface area contributed by atoms with Crippen LogP contribution in [0.2, 0.25) is 0 Å². The van der Waals surface area contributed by atoms with E-state index in [0.717, 1.165) is 36.8 Å². The molecule has 0 atom stereocenters. The van der Waals surface area contributed by atoms with Crippen molar-refractivity contribution in [2.75, 3.05) is 18.0 Å². The Labute approximate surface area is 137 Å². The Bertz CT molecular complexity index is 767. The van der Waals surface area contributed by atoms with E-state index in [9.17, 15) is 18.4 Å². The Kier molecular flexibility index (Phi) is 4.18. The molecule has 0 unspecified atom stereocenters. The average Bonchev–Trinajstić information content (AvgIpc) is 2.99. The van der Waals surface area contributed by atoms with Crippen molar-refractivity contribution in [3.05, 3.63) is 35.5 Å². The lowest BCUT2D eigenvalue weighted by Gasteiger charge is -2.30. The molecule has 1 aromatic carbocycles. The van der Waals surface area contributed by atoms with Crippen LogP contribution in [-0.2, 0) is 6.18 Å². The molecule has 0 amide bonds. The van der Waals surface area contributed by atoms with Crippen molar-refractivity contribution in [2.45, 2.75) is 25.9 Å². The first kappa shape index (κ1) is 16.3. The maximum Gasteiger partial charge on any atom is 0.418 e. The third-order valence-corrected chi connectivity index (χ3v) is 4.21. The number of aromatic nitrogens is 3. The summed E-state index contributed by atoms with van der Waals surface area (Å²) in [6.07, 6.45) is -2.61. The fourth-order valence-electron chi connectivity index (χ4n) is 2.80. The number of rotatable bonds is 2. The van der Waals surface area contributed by atoms with Crippen LogP contribution in [0.3, 0.4) is 0 Å². The fourth-order valence-corrected chi connectivity index (χ4v) is 2.80. The third kappa shape index (κ3) is 3.07. The molecule has 0 saturated carbocycles. The van der Waals surface area contributed by atoms with E-state index in [1.54, 1.807) is 0 Å². The number of anilines is 1. The molecule has 1 saturated heterocycles. The number of halogens is 3. The van der Waals surface area contributed by atoms with Crippen molar-refractivity contribution in [1.82, 2.24) is 15.0 Å². The van der Waals surface area contributed by atoms with Gasteiger partial charge in [-0.05, 0) is 30.9 Å². The van der Waals surface area contributed by atoms with E-state index >= 15 is 0 Å². The molecule has 8 heteroatoms. The maximum absolute atomic E-state index is 13.2. The van der Waals surface area contributed by atoms with Crippen LogP contribution in [0.25, 0.3) is 5.69 Å². The maximum atomic E-state index is 13.2. The van der Waals surface area contributed by atoms with Gasteiger partial charge in [-0.25, -0.2) is 0 Å². The van der Waals surface area contributed by atoms with Crippen LogP contribution in [0.4, 0.5) is 19.0 Å². The zero-order valence-corrected chi connectivity index (χ0v) is 13.1. The summed E-state index contributed by atoms with van der Waals surface area (Å²) in [4.78, 5) is 2.83. The third-order valence-electron chi connectivity index (χ3n) is 4.21. The second-order valence-electron chi connectivity index (χ2n) is 5.96. The summed E-state index contributed by atoms with van der Waals surface area (Å²) in [5.41, 5.74) is -0.969. The number of hydrogen-bond acceptors (Lipinski definition) is 4. The zero-order chi connectivity index (χ0) is 17.3. The van der Waals surface area contributed by atoms with Crippen molar-refractivity contribution in [2.24, 2.45) is 5.92 Å². The fraction of sp³-hybridized carbons (Fsp3) is 0.438. The molecule has 1 aliphatic rings. The van der Waals surface area contributed by atoms with Gasteiger partial charge in [-0.15, -0.1) is 15.0 Å². The van der Waals surface area contributed by atoms with Crippen molar-refractivity contribution >= 4 is 5.82 Å². The van der Waals surface area contributed by atoms with Gasteiger partial charge in [0.2, 0.25) is 5.69 Å². The largest absolute Gasteiger partial charge is 0.418 e. The molecule has 0 bridgehead atoms. The van der Waals surface area contributed by atoms with Crippen LogP contribution in [0.1, 0.15) is 31.0 Å². The summed E-state index contributed by atoms with van der Waals surface area (Å²) in [5.74, 6) is 0.939. The second-order valence-corrected chi connectivity index (χ2v) is 5.96. The quantitative estimate of drug-likeness (QED) is 0.844. The number of benzene rings is 1. The Morgan fingerprint density at radius 2 is 1.83 bits per heavy atom. The monoisotopic (exact) mass is 335 g/mol. The van der Waals surface area contributed by atoms with Crippen LogP contribution < -0.4 is 4.90 Å². The normalized spacial score (nSPS) is 16.2. The Morgan fingerprint density at radius 1 is 1.17 bits per heavy atom. The summed E-state index contributed by atoms with van der Waals surface area (Å²) in [7, 11) is 0. The number of piperidine rings is 1. The summed E-state index contributed by atoms with van der Waals surface area (Å²) < 4.78 is 39.5. The topological polar surface area (TPSA) is 57.7 Å². The highest BCUT2D eigenvalue weighted by Crippen LogP contribution is 2.34. The second kappa shape index (κ2) is 6.15. The number of nitrogens with zero attached hydrogens (tertiary/aromatic N) is 5. The number of hydrogen-bond donors (Lipinski definition) is 0. The van der Waals surface area contributed by atoms with E-state index in [1.165, 1.54) is 18.2 Å². The molecule has 0 N–H and O–H groups in total. The highest BCUT2D eigenvalue weighted by molar-refractivity contribution is 5.51. The highest BCUT2D eigenvalue weighted by Gasteiger charge is 2.35. The lowest BCUT2D eigenvalue weighted by atomic mass is 9.99. The molecule has 5 nitrogen and oxygen atoms in total. The predicted molar refractivity (Wildman–Crippen MR) is 81.7 cm³/mol. The smallest absolute Gasteiger partial charge is 0.353 e. The Morgan fingerprint density at radius 3 is 2.46 bits per heavy atom. The molecule has 0 radical (unpaired) electrons. The molecule has 3 rings (SSSR count). The van der Waals surface area contributed by atoms with E-state index in [-0.39, 0.29) is 11.4 Å². The lowest BCUT2D eigenvalue weighted by Crippen LogP contribution is -2.33. The summed E-state index contributed by atoms with van der Waals surface area (Å²) in [5, 5.41) is 17.4. The van der Waals surface area contributed by atoms with Gasteiger partial charge in [0.25, 0.3) is 0 Å². The minimum Gasteiger partial charge on any atom is -0.353 e. The van der Waals surface area contributed by atoms with Gasteiger partial charge >= 0.3 is 6.18 Å². The molecule has 0 spiro atoms. The van der Waals surface area contributed by atoms with Crippen LogP contribution in [0.15, 0.2) is 24.3 Å². The van der Waals surface area contributed by atoms with Gasteiger partial charge in [0, 0.05) is 13.1 Å². The van der Waals surface area contributed by atoms with Gasteiger partial charge in [0.05, 0.1) is 11.3 Å². The van der Waals surface area contributed by atoms with Gasteiger partial charge in [0.15, 0.2) is 5.82 Å². The van der Waals surface area contributed by atoms with Crippen LogP contribution in [0.5, 0.6) is 0 Å². The highest BCUT2D eigenvalue weighted by atomic mass is 19.4. The van der Waals surface area contributed by atoms with Crippen LogP contribution in [0, 0.1) is 17.2 Å². The zero-order valence-electron chi connectivity index (χ0n) is 13.1. The summed E-state index contributed by atoms with van der Waals surface area (Å²) >= 11 is 0. The number of para-hydroxylation sites is 1. The van der Waals surface area contributed by atoms with E-state index in [4.69, 9.17) is 0 Å². The first-order chi connectivity index (χ1) is 11.4. The molecule has 24 heavy (non-hydrogen) atoms. The molecule has 1 aromatic heterocycles. The molecule has 0 aliphatic carbocycles. The minimum atomic E-state index is -4.52. The molecule has 2 aromatic rings. The van der Waals surface area contributed by atoms with Crippen LogP contribution in [-0.4, -0.2) is 28.1 Å².